The molecule has 0 spiro atoms. The van der Waals surface area contributed by atoms with Crippen LogP contribution in [0.1, 0.15) is 34.1 Å². The van der Waals surface area contributed by atoms with E-state index in [0.29, 0.717) is 17.9 Å². The summed E-state index contributed by atoms with van der Waals surface area (Å²) in [6, 6.07) is 0.611. The third-order valence-electron chi connectivity index (χ3n) is 5.68. The molecule has 2 aliphatic carbocycles. The quantitative estimate of drug-likeness (QED) is 0.710. The summed E-state index contributed by atoms with van der Waals surface area (Å²) >= 11 is 0. The molecule has 0 saturated carbocycles. The molecule has 0 saturated heterocycles. The molecule has 3 aliphatic rings. The minimum Gasteiger partial charge on any atom is -0.370 e. The maximum atomic E-state index is 2.54. The summed E-state index contributed by atoms with van der Waals surface area (Å²) in [6.45, 7) is 9.61. The van der Waals surface area contributed by atoms with Gasteiger partial charge in [-0.3, -0.25) is 0 Å². The number of nitrogens with zero attached hydrogens (tertiary/aromatic N) is 1. The second kappa shape index (κ2) is 4.65. The van der Waals surface area contributed by atoms with Crippen molar-refractivity contribution in [2.45, 2.75) is 40.2 Å². The molecule has 1 nitrogen and oxygen atoms in total. The topological polar surface area (TPSA) is 3.24 Å². The van der Waals surface area contributed by atoms with Crippen LogP contribution in [0, 0.1) is 23.2 Å². The van der Waals surface area contributed by atoms with Crippen LogP contribution in [0.25, 0.3) is 0 Å². The van der Waals surface area contributed by atoms with Gasteiger partial charge in [0, 0.05) is 36.0 Å². The molecule has 3 rings (SSSR count). The van der Waals surface area contributed by atoms with Gasteiger partial charge in [0.2, 0.25) is 0 Å². The average Bonchev–Trinajstić information content (AvgIpc) is 2.65. The number of allylic oxidation sites excluding steroid dienone is 6. The second-order valence-corrected chi connectivity index (χ2v) is 7.19. The van der Waals surface area contributed by atoms with Gasteiger partial charge in [-0.15, -0.1) is 0 Å². The maximum absolute atomic E-state index is 2.54. The summed E-state index contributed by atoms with van der Waals surface area (Å²) in [4.78, 5) is 2.54. The van der Waals surface area contributed by atoms with Crippen LogP contribution in [0.5, 0.6) is 0 Å². The monoisotopic (exact) mass is 269 g/mol. The number of hydrogen-bond acceptors (Lipinski definition) is 1. The molecule has 0 bridgehead atoms. The Hall–Kier alpha value is -1.24. The molecule has 0 amide bonds. The molecule has 0 aromatic rings. The lowest BCUT2D eigenvalue weighted by molar-refractivity contribution is 0.150. The van der Waals surface area contributed by atoms with E-state index in [1.54, 1.807) is 5.57 Å². The molecule has 20 heavy (non-hydrogen) atoms. The van der Waals surface area contributed by atoms with Crippen molar-refractivity contribution in [2.75, 3.05) is 7.05 Å². The number of likely N-dealkylation sites (N-methyl/N-ethyl adjacent to an activating group) is 1. The predicted octanol–water partition coefficient (Wildman–Crippen LogP) is 4.56. The van der Waals surface area contributed by atoms with E-state index in [0.717, 1.165) is 5.92 Å². The molecular formula is C19H27N. The van der Waals surface area contributed by atoms with Gasteiger partial charge in [0.15, 0.2) is 0 Å². The van der Waals surface area contributed by atoms with E-state index in [4.69, 9.17) is 0 Å². The van der Waals surface area contributed by atoms with Gasteiger partial charge in [-0.2, -0.15) is 0 Å². The van der Waals surface area contributed by atoms with Crippen LogP contribution in [0.4, 0.5) is 0 Å². The third-order valence-corrected chi connectivity index (χ3v) is 5.68. The maximum Gasteiger partial charge on any atom is 0.0401 e. The van der Waals surface area contributed by atoms with E-state index >= 15 is 0 Å². The van der Waals surface area contributed by atoms with Crippen molar-refractivity contribution in [1.29, 1.82) is 0 Å². The van der Waals surface area contributed by atoms with Gasteiger partial charge in [-0.1, -0.05) is 64.5 Å². The van der Waals surface area contributed by atoms with E-state index in [1.165, 1.54) is 12.1 Å². The van der Waals surface area contributed by atoms with Crippen molar-refractivity contribution in [2.24, 2.45) is 23.2 Å². The van der Waals surface area contributed by atoms with Crippen molar-refractivity contribution in [1.82, 2.24) is 4.90 Å². The fourth-order valence-corrected chi connectivity index (χ4v) is 4.74. The molecule has 1 heterocycles. The first kappa shape index (κ1) is 13.7. The van der Waals surface area contributed by atoms with Crippen molar-refractivity contribution < 1.29 is 0 Å². The highest BCUT2D eigenvalue weighted by Gasteiger charge is 2.49. The summed E-state index contributed by atoms with van der Waals surface area (Å²) in [5.41, 5.74) is 3.38. The molecule has 0 aromatic carbocycles. The first-order chi connectivity index (χ1) is 9.48. The second-order valence-electron chi connectivity index (χ2n) is 7.19. The normalized spacial score (nSPS) is 35.2. The molecule has 1 aliphatic heterocycles. The Labute approximate surface area is 123 Å². The smallest absolute Gasteiger partial charge is 0.0401 e. The van der Waals surface area contributed by atoms with Gasteiger partial charge in [-0.05, 0) is 17.6 Å². The van der Waals surface area contributed by atoms with Crippen LogP contribution in [-0.4, -0.2) is 18.0 Å². The Kier molecular flexibility index (Phi) is 3.19. The fourth-order valence-electron chi connectivity index (χ4n) is 4.74. The van der Waals surface area contributed by atoms with Gasteiger partial charge < -0.3 is 4.90 Å². The summed E-state index contributed by atoms with van der Waals surface area (Å²) in [5, 5.41) is 0. The number of rotatable bonds is 2. The molecule has 1 heteroatoms. The van der Waals surface area contributed by atoms with Gasteiger partial charge in [-0.25, -0.2) is 0 Å². The Balaban J connectivity index is 2.05. The summed E-state index contributed by atoms with van der Waals surface area (Å²) < 4.78 is 0. The predicted molar refractivity (Wildman–Crippen MR) is 86.2 cm³/mol. The molecule has 108 valence electrons. The van der Waals surface area contributed by atoms with Crippen LogP contribution in [0.3, 0.4) is 0 Å². The van der Waals surface area contributed by atoms with Gasteiger partial charge >= 0.3 is 0 Å². The van der Waals surface area contributed by atoms with Gasteiger partial charge in [0.25, 0.3) is 0 Å². The lowest BCUT2D eigenvalue weighted by atomic mass is 9.66. The zero-order chi connectivity index (χ0) is 14.5. The lowest BCUT2D eigenvalue weighted by Gasteiger charge is -2.40. The van der Waals surface area contributed by atoms with Crippen LogP contribution >= 0.6 is 0 Å². The zero-order valence-electron chi connectivity index (χ0n) is 13.4. The molecule has 0 fully saturated rings. The molecule has 0 aromatic heterocycles. The third kappa shape index (κ3) is 1.75. The highest BCUT2D eigenvalue weighted by Crippen LogP contribution is 2.54. The first-order valence-electron chi connectivity index (χ1n) is 7.99. The van der Waals surface area contributed by atoms with E-state index < -0.39 is 0 Å². The highest BCUT2D eigenvalue weighted by molar-refractivity contribution is 5.46. The SMILES string of the molecule is CCC(C)[C@H]1N(C)C2=C(C3C=CC=CC3C=C2)C1(C)C. The Morgan fingerprint density at radius 2 is 1.90 bits per heavy atom. The van der Waals surface area contributed by atoms with Crippen LogP contribution in [0.2, 0.25) is 0 Å². The van der Waals surface area contributed by atoms with E-state index in [-0.39, 0.29) is 5.41 Å². The van der Waals surface area contributed by atoms with Gasteiger partial charge in [0.1, 0.15) is 0 Å². The molecule has 4 atom stereocenters. The number of fused-ring (bicyclic) bond motifs is 2. The standard InChI is InChI=1S/C19H27N/c1-6-13(2)18-19(3,4)17-15-10-8-7-9-14(15)11-12-16(17)20(18)5/h7-15,18H,6H2,1-5H3/t13?,14?,15?,18-/m1/s1. The largest absolute Gasteiger partial charge is 0.370 e. The molecule has 3 unspecified atom stereocenters. The Morgan fingerprint density at radius 1 is 1.20 bits per heavy atom. The van der Waals surface area contributed by atoms with E-state index in [2.05, 4.69) is 76.1 Å². The minimum absolute atomic E-state index is 0.253. The lowest BCUT2D eigenvalue weighted by Crippen LogP contribution is -2.42. The van der Waals surface area contributed by atoms with Crippen LogP contribution in [0.15, 0.2) is 47.7 Å². The van der Waals surface area contributed by atoms with Crippen molar-refractivity contribution in [3.05, 3.63) is 47.7 Å². The van der Waals surface area contributed by atoms with E-state index in [9.17, 15) is 0 Å². The van der Waals surface area contributed by atoms with Crippen LogP contribution in [-0.2, 0) is 0 Å². The average molecular weight is 269 g/mol. The van der Waals surface area contributed by atoms with Crippen LogP contribution < -0.4 is 0 Å². The summed E-state index contributed by atoms with van der Waals surface area (Å²) in [6.07, 6.45) is 15.1. The molecular weight excluding hydrogens is 242 g/mol. The van der Waals surface area contributed by atoms with Crippen molar-refractivity contribution in [3.8, 4) is 0 Å². The van der Waals surface area contributed by atoms with Crippen molar-refractivity contribution >= 4 is 0 Å². The summed E-state index contributed by atoms with van der Waals surface area (Å²) in [7, 11) is 2.29. The Bertz CT molecular complexity index is 518. The molecule has 0 N–H and O–H groups in total. The molecule has 0 radical (unpaired) electrons. The minimum atomic E-state index is 0.253. The highest BCUT2D eigenvalue weighted by atomic mass is 15.2. The zero-order valence-corrected chi connectivity index (χ0v) is 13.4. The fraction of sp³-hybridized carbons (Fsp3) is 0.579. The van der Waals surface area contributed by atoms with Crippen molar-refractivity contribution in [3.63, 3.8) is 0 Å². The summed E-state index contributed by atoms with van der Waals surface area (Å²) in [5.74, 6) is 1.84. The van der Waals surface area contributed by atoms with Gasteiger partial charge in [0.05, 0.1) is 0 Å². The number of hydrogen-bond donors (Lipinski definition) is 0. The van der Waals surface area contributed by atoms with E-state index in [1.807, 2.05) is 0 Å². The first-order valence-corrected chi connectivity index (χ1v) is 7.99. The Morgan fingerprint density at radius 3 is 2.60 bits per heavy atom.